The number of rotatable bonds is 4. The molecule has 0 spiro atoms. The van der Waals surface area contributed by atoms with Crippen LogP contribution in [0.3, 0.4) is 0 Å². The average Bonchev–Trinajstić information content (AvgIpc) is 2.86. The molecule has 4 nitrogen and oxygen atoms in total. The van der Waals surface area contributed by atoms with E-state index in [1.54, 1.807) is 18.2 Å². The van der Waals surface area contributed by atoms with Gasteiger partial charge in [0.15, 0.2) is 0 Å². The molecule has 0 bridgehead atoms. The van der Waals surface area contributed by atoms with Crippen molar-refractivity contribution >= 4 is 17.5 Å². The van der Waals surface area contributed by atoms with E-state index in [4.69, 9.17) is 21.4 Å². The number of halogens is 1. The van der Waals surface area contributed by atoms with Gasteiger partial charge in [0, 0.05) is 24.1 Å². The van der Waals surface area contributed by atoms with Crippen molar-refractivity contribution in [3.8, 4) is 5.75 Å². The van der Waals surface area contributed by atoms with Crippen LogP contribution in [-0.2, 0) is 0 Å². The molecule has 0 fully saturated rings. The van der Waals surface area contributed by atoms with Crippen molar-refractivity contribution < 1.29 is 14.6 Å². The van der Waals surface area contributed by atoms with Crippen molar-refractivity contribution in [1.29, 1.82) is 0 Å². The Morgan fingerprint density at radius 1 is 1.53 bits per heavy atom. The van der Waals surface area contributed by atoms with E-state index in [1.165, 1.54) is 7.11 Å². The zero-order valence-corrected chi connectivity index (χ0v) is 11.4. The Hall–Kier alpha value is -1.52. The van der Waals surface area contributed by atoms with Crippen LogP contribution in [0.2, 0.25) is 5.02 Å². The number of methoxy groups -OCH3 is 1. The predicted octanol–water partition coefficient (Wildman–Crippen LogP) is 2.02. The molecule has 0 unspecified atom stereocenters. The number of ether oxygens (including phenoxy) is 1. The fourth-order valence-electron chi connectivity index (χ4n) is 2.07. The minimum absolute atomic E-state index is 0.0358. The van der Waals surface area contributed by atoms with Gasteiger partial charge in [-0.3, -0.25) is 4.79 Å². The van der Waals surface area contributed by atoms with Crippen LogP contribution < -0.4 is 10.1 Å². The summed E-state index contributed by atoms with van der Waals surface area (Å²) < 4.78 is 5.08. The van der Waals surface area contributed by atoms with Gasteiger partial charge in [-0.15, -0.1) is 0 Å². The van der Waals surface area contributed by atoms with E-state index in [2.05, 4.69) is 5.32 Å². The lowest BCUT2D eigenvalue weighted by atomic mass is 10.1. The molecular weight excluding hydrogens is 266 g/mol. The van der Waals surface area contributed by atoms with Crippen LogP contribution >= 0.6 is 11.6 Å². The first-order valence-electron chi connectivity index (χ1n) is 6.07. The maximum atomic E-state index is 12.1. The smallest absolute Gasteiger partial charge is 0.251 e. The lowest BCUT2D eigenvalue weighted by Crippen LogP contribution is -2.32. The molecule has 1 aromatic carbocycles. The number of carbonyl (C=O) groups excluding carboxylic acids is 1. The Morgan fingerprint density at radius 2 is 2.32 bits per heavy atom. The summed E-state index contributed by atoms with van der Waals surface area (Å²) in [7, 11) is 1.51. The monoisotopic (exact) mass is 281 g/mol. The summed E-state index contributed by atoms with van der Waals surface area (Å²) in [5.74, 6) is 0.428. The molecular formula is C14H16ClNO3. The molecule has 1 amide bonds. The van der Waals surface area contributed by atoms with Gasteiger partial charge in [0.25, 0.3) is 5.91 Å². The summed E-state index contributed by atoms with van der Waals surface area (Å²) in [6, 6.07) is 4.87. The maximum absolute atomic E-state index is 12.1. The fraction of sp³-hybridized carbons (Fsp3) is 0.357. The Morgan fingerprint density at radius 3 is 2.95 bits per heavy atom. The highest BCUT2D eigenvalue weighted by atomic mass is 35.5. The van der Waals surface area contributed by atoms with Crippen LogP contribution in [0.1, 0.15) is 16.8 Å². The number of hydrogen-bond donors (Lipinski definition) is 2. The molecule has 0 saturated carbocycles. The van der Waals surface area contributed by atoms with Crippen LogP contribution in [0.5, 0.6) is 5.75 Å². The highest BCUT2D eigenvalue weighted by molar-refractivity contribution is 6.32. The molecule has 19 heavy (non-hydrogen) atoms. The SMILES string of the molecule is COc1cc(C(=O)N[C@@H]2C=C[C@H](CO)C2)ccc1Cl. The van der Waals surface area contributed by atoms with E-state index in [0.717, 1.165) is 6.42 Å². The first-order valence-corrected chi connectivity index (χ1v) is 6.45. The third-order valence-electron chi connectivity index (χ3n) is 3.14. The minimum atomic E-state index is -0.178. The second-order valence-electron chi connectivity index (χ2n) is 4.49. The molecule has 5 heteroatoms. The van der Waals surface area contributed by atoms with Gasteiger partial charge in [0.05, 0.1) is 12.1 Å². The Bertz CT molecular complexity index is 501. The lowest BCUT2D eigenvalue weighted by molar-refractivity contribution is 0.0940. The standard InChI is InChI=1S/C14H16ClNO3/c1-19-13-7-10(3-5-12(13)15)14(18)16-11-4-2-9(6-11)8-17/h2-5,7,9,11,17H,6,8H2,1H3,(H,16,18)/t9-,11+/m0/s1. The molecule has 0 saturated heterocycles. The summed E-state index contributed by atoms with van der Waals surface area (Å²) in [5, 5.41) is 12.4. The van der Waals surface area contributed by atoms with Crippen molar-refractivity contribution in [1.82, 2.24) is 5.32 Å². The van der Waals surface area contributed by atoms with Crippen molar-refractivity contribution in [2.75, 3.05) is 13.7 Å². The zero-order chi connectivity index (χ0) is 13.8. The Kier molecular flexibility index (Phi) is 4.45. The summed E-state index contributed by atoms with van der Waals surface area (Å²) in [6.45, 7) is 0.109. The van der Waals surface area contributed by atoms with E-state index in [-0.39, 0.29) is 24.5 Å². The number of amides is 1. The second kappa shape index (κ2) is 6.08. The largest absolute Gasteiger partial charge is 0.495 e. The van der Waals surface area contributed by atoms with Crippen LogP contribution in [0.25, 0.3) is 0 Å². The average molecular weight is 282 g/mol. The van der Waals surface area contributed by atoms with Crippen LogP contribution in [0.4, 0.5) is 0 Å². The molecule has 1 aliphatic carbocycles. The van der Waals surface area contributed by atoms with Gasteiger partial charge < -0.3 is 15.2 Å². The second-order valence-corrected chi connectivity index (χ2v) is 4.90. The lowest BCUT2D eigenvalue weighted by Gasteiger charge is -2.13. The van der Waals surface area contributed by atoms with Gasteiger partial charge in [-0.05, 0) is 24.6 Å². The number of nitrogens with one attached hydrogen (secondary N) is 1. The van der Waals surface area contributed by atoms with Gasteiger partial charge in [-0.2, -0.15) is 0 Å². The molecule has 2 N–H and O–H groups in total. The number of aliphatic hydroxyl groups excluding tert-OH is 1. The number of hydrogen-bond acceptors (Lipinski definition) is 3. The van der Waals surface area contributed by atoms with Gasteiger partial charge in [0.2, 0.25) is 0 Å². The highest BCUT2D eigenvalue weighted by Crippen LogP contribution is 2.25. The number of benzene rings is 1. The van der Waals surface area contributed by atoms with Gasteiger partial charge >= 0.3 is 0 Å². The predicted molar refractivity (Wildman–Crippen MR) is 73.6 cm³/mol. The number of carbonyl (C=O) groups is 1. The zero-order valence-electron chi connectivity index (χ0n) is 10.6. The van der Waals surface area contributed by atoms with Crippen molar-refractivity contribution in [3.05, 3.63) is 40.9 Å². The van der Waals surface area contributed by atoms with E-state index in [1.807, 2.05) is 12.2 Å². The molecule has 0 aromatic heterocycles. The summed E-state index contributed by atoms with van der Waals surface area (Å²) in [5.41, 5.74) is 0.502. The molecule has 2 atom stereocenters. The van der Waals surface area contributed by atoms with Crippen LogP contribution in [0.15, 0.2) is 30.4 Å². The molecule has 1 aromatic rings. The van der Waals surface area contributed by atoms with E-state index in [9.17, 15) is 4.79 Å². The summed E-state index contributed by atoms with van der Waals surface area (Å²) in [4.78, 5) is 12.1. The maximum Gasteiger partial charge on any atom is 0.251 e. The molecule has 0 heterocycles. The van der Waals surface area contributed by atoms with Crippen molar-refractivity contribution in [2.45, 2.75) is 12.5 Å². The first kappa shape index (κ1) is 13.9. The quantitative estimate of drug-likeness (QED) is 0.830. The van der Waals surface area contributed by atoms with E-state index >= 15 is 0 Å². The number of aliphatic hydroxyl groups is 1. The molecule has 102 valence electrons. The van der Waals surface area contributed by atoms with Crippen molar-refractivity contribution in [2.24, 2.45) is 5.92 Å². The topological polar surface area (TPSA) is 58.6 Å². The molecule has 0 radical (unpaired) electrons. The minimum Gasteiger partial charge on any atom is -0.495 e. The Labute approximate surface area is 117 Å². The van der Waals surface area contributed by atoms with Gasteiger partial charge in [-0.1, -0.05) is 23.8 Å². The first-order chi connectivity index (χ1) is 9.13. The van der Waals surface area contributed by atoms with Gasteiger partial charge in [0.1, 0.15) is 5.75 Å². The molecule has 1 aliphatic rings. The highest BCUT2D eigenvalue weighted by Gasteiger charge is 2.20. The Balaban J connectivity index is 2.03. The van der Waals surface area contributed by atoms with Crippen LogP contribution in [-0.4, -0.2) is 30.8 Å². The third kappa shape index (κ3) is 3.28. The van der Waals surface area contributed by atoms with Gasteiger partial charge in [-0.25, -0.2) is 0 Å². The third-order valence-corrected chi connectivity index (χ3v) is 3.45. The summed E-state index contributed by atoms with van der Waals surface area (Å²) >= 11 is 5.91. The van der Waals surface area contributed by atoms with Crippen molar-refractivity contribution in [3.63, 3.8) is 0 Å². The van der Waals surface area contributed by atoms with Crippen LogP contribution in [0, 0.1) is 5.92 Å². The van der Waals surface area contributed by atoms with E-state index < -0.39 is 0 Å². The normalized spacial score (nSPS) is 21.4. The fourth-order valence-corrected chi connectivity index (χ4v) is 2.26. The van der Waals surface area contributed by atoms with E-state index in [0.29, 0.717) is 16.3 Å². The summed E-state index contributed by atoms with van der Waals surface area (Å²) in [6.07, 6.45) is 4.56. The molecule has 2 rings (SSSR count). The molecule has 0 aliphatic heterocycles.